The predicted octanol–water partition coefficient (Wildman–Crippen LogP) is 1.99. The van der Waals surface area contributed by atoms with E-state index in [0.717, 1.165) is 38.7 Å². The van der Waals surface area contributed by atoms with Crippen LogP contribution in [0.2, 0.25) is 0 Å². The Bertz CT molecular complexity index is 1440. The zero-order chi connectivity index (χ0) is 25.5. The van der Waals surface area contributed by atoms with Crippen molar-refractivity contribution in [3.63, 3.8) is 0 Å². The van der Waals surface area contributed by atoms with Gasteiger partial charge in [-0.25, -0.2) is 0 Å². The maximum atomic E-state index is 13.2. The van der Waals surface area contributed by atoms with E-state index >= 15 is 0 Å². The van der Waals surface area contributed by atoms with Crippen LogP contribution in [0.1, 0.15) is 33.5 Å². The summed E-state index contributed by atoms with van der Waals surface area (Å²) in [5.41, 5.74) is 5.93. The molecular formula is C30H27LiN2O3S. The van der Waals surface area contributed by atoms with Gasteiger partial charge in [0.05, 0.1) is 17.5 Å². The minimum absolute atomic E-state index is 0. The topological polar surface area (TPSA) is 82.1 Å². The fourth-order valence-corrected chi connectivity index (χ4v) is 4.53. The second kappa shape index (κ2) is 13.3. The number of carboxylic acid groups (broad SMARTS) is 1. The first-order valence-electron chi connectivity index (χ1n) is 11.7. The average Bonchev–Trinajstić information content (AvgIpc) is 2.89. The Balaban J connectivity index is 0.00000380. The smallest absolute Gasteiger partial charge is 0.548 e. The van der Waals surface area contributed by atoms with Gasteiger partial charge in [-0.05, 0) is 77.4 Å². The van der Waals surface area contributed by atoms with Crippen LogP contribution < -0.4 is 29.3 Å². The predicted molar refractivity (Wildman–Crippen MR) is 147 cm³/mol. The van der Waals surface area contributed by atoms with Gasteiger partial charge in [0, 0.05) is 17.1 Å². The number of hydrogen-bond donors (Lipinski definition) is 1. The minimum atomic E-state index is -1.28. The van der Waals surface area contributed by atoms with E-state index < -0.39 is 17.9 Å². The molecule has 0 radical (unpaired) electrons. The van der Waals surface area contributed by atoms with Crippen LogP contribution in [0.15, 0.2) is 79.0 Å². The summed E-state index contributed by atoms with van der Waals surface area (Å²) in [5.74, 6) is -1.10. The van der Waals surface area contributed by atoms with Crippen LogP contribution in [0.25, 0.3) is 34.2 Å². The van der Waals surface area contributed by atoms with Crippen LogP contribution in [0, 0.1) is 6.92 Å². The molecule has 37 heavy (non-hydrogen) atoms. The maximum absolute atomic E-state index is 13.2. The van der Waals surface area contributed by atoms with Gasteiger partial charge in [0.1, 0.15) is 0 Å². The van der Waals surface area contributed by atoms with Gasteiger partial charge in [0.25, 0.3) is 5.91 Å². The van der Waals surface area contributed by atoms with Crippen LogP contribution in [-0.4, -0.2) is 34.9 Å². The summed E-state index contributed by atoms with van der Waals surface area (Å²) in [5, 5.41) is 15.3. The zero-order valence-electron chi connectivity index (χ0n) is 21.2. The van der Waals surface area contributed by atoms with E-state index in [2.05, 4.69) is 16.4 Å². The fourth-order valence-electron chi connectivity index (χ4n) is 4.05. The van der Waals surface area contributed by atoms with Gasteiger partial charge >= 0.3 is 18.9 Å². The van der Waals surface area contributed by atoms with Crippen LogP contribution in [0.4, 0.5) is 0 Å². The first-order valence-corrected chi connectivity index (χ1v) is 13.1. The van der Waals surface area contributed by atoms with E-state index in [1.54, 1.807) is 6.07 Å². The Kier molecular flexibility index (Phi) is 10.2. The van der Waals surface area contributed by atoms with E-state index in [1.807, 2.05) is 92.2 Å². The van der Waals surface area contributed by atoms with Gasteiger partial charge in [-0.3, -0.25) is 9.78 Å². The van der Waals surface area contributed by atoms with Crippen LogP contribution in [0.5, 0.6) is 0 Å². The summed E-state index contributed by atoms with van der Waals surface area (Å²) in [6.07, 6.45) is 8.00. The Labute approximate surface area is 233 Å². The summed E-state index contributed by atoms with van der Waals surface area (Å²) in [6, 6.07) is 22.4. The molecule has 1 atom stereocenters. The van der Waals surface area contributed by atoms with E-state index in [-0.39, 0.29) is 18.9 Å². The Morgan fingerprint density at radius 2 is 1.70 bits per heavy atom. The molecule has 3 aromatic carbocycles. The second-order valence-electron chi connectivity index (χ2n) is 8.54. The SMILES string of the molecule is CSCC[C@H](NC(=O)c1ccc(C=Cc2cnc3ccccc3c2)cc1-c1ccccc1C)C(=O)[O-].[Li+]. The third kappa shape index (κ3) is 7.14. The molecule has 0 bridgehead atoms. The molecule has 0 saturated carbocycles. The number of thioether (sulfide) groups is 1. The van der Waals surface area contributed by atoms with Crippen molar-refractivity contribution >= 4 is 46.7 Å². The number of pyridine rings is 1. The summed E-state index contributed by atoms with van der Waals surface area (Å²) < 4.78 is 0. The number of para-hydroxylation sites is 1. The number of carbonyl (C=O) groups is 2. The molecule has 0 unspecified atom stereocenters. The fraction of sp³-hybridized carbons (Fsp3) is 0.167. The molecule has 5 nitrogen and oxygen atoms in total. The zero-order valence-corrected chi connectivity index (χ0v) is 22.0. The van der Waals surface area contributed by atoms with E-state index in [9.17, 15) is 14.7 Å². The van der Waals surface area contributed by atoms with Crippen LogP contribution in [-0.2, 0) is 4.79 Å². The number of carboxylic acids is 1. The number of benzene rings is 3. The molecule has 0 fully saturated rings. The largest absolute Gasteiger partial charge is 1.00 e. The van der Waals surface area contributed by atoms with Gasteiger partial charge in [-0.1, -0.05) is 60.7 Å². The van der Waals surface area contributed by atoms with Crippen LogP contribution >= 0.6 is 11.8 Å². The molecule has 7 heteroatoms. The number of nitrogens with one attached hydrogen (secondary N) is 1. The minimum Gasteiger partial charge on any atom is -0.548 e. The normalized spacial score (nSPS) is 11.7. The molecule has 1 N–H and O–H groups in total. The van der Waals surface area contributed by atoms with Gasteiger partial charge in [-0.2, -0.15) is 11.8 Å². The number of aliphatic carboxylic acids is 1. The average molecular weight is 503 g/mol. The number of hydrogen-bond acceptors (Lipinski definition) is 5. The Morgan fingerprint density at radius 3 is 2.46 bits per heavy atom. The monoisotopic (exact) mass is 502 g/mol. The van der Waals surface area contributed by atoms with Crippen molar-refractivity contribution in [1.29, 1.82) is 0 Å². The molecule has 1 amide bonds. The molecule has 0 aliphatic rings. The van der Waals surface area contributed by atoms with Crippen molar-refractivity contribution < 1.29 is 33.6 Å². The number of rotatable bonds is 9. The number of aryl methyl sites for hydroxylation is 1. The van der Waals surface area contributed by atoms with Crippen LogP contribution in [0.3, 0.4) is 0 Å². The summed E-state index contributed by atoms with van der Waals surface area (Å²) in [4.78, 5) is 29.3. The molecule has 1 aromatic heterocycles. The molecule has 1 heterocycles. The van der Waals surface area contributed by atoms with Gasteiger partial charge in [0.15, 0.2) is 0 Å². The van der Waals surface area contributed by atoms with E-state index in [4.69, 9.17) is 0 Å². The number of nitrogens with zero attached hydrogens (tertiary/aromatic N) is 1. The van der Waals surface area contributed by atoms with Crippen molar-refractivity contribution in [2.45, 2.75) is 19.4 Å². The second-order valence-corrected chi connectivity index (χ2v) is 9.53. The van der Waals surface area contributed by atoms with Gasteiger partial charge in [-0.15, -0.1) is 0 Å². The van der Waals surface area contributed by atoms with E-state index in [0.29, 0.717) is 17.7 Å². The number of fused-ring (bicyclic) bond motifs is 1. The molecule has 182 valence electrons. The molecule has 0 aliphatic heterocycles. The number of amides is 1. The maximum Gasteiger partial charge on any atom is 1.00 e. The van der Waals surface area contributed by atoms with Crippen molar-refractivity contribution in [3.05, 3.63) is 101 Å². The Morgan fingerprint density at radius 1 is 0.973 bits per heavy atom. The number of carbonyl (C=O) groups excluding carboxylic acids is 2. The summed E-state index contributed by atoms with van der Waals surface area (Å²) in [6.45, 7) is 1.99. The third-order valence-electron chi connectivity index (χ3n) is 6.00. The number of aromatic nitrogens is 1. The van der Waals surface area contributed by atoms with Crippen molar-refractivity contribution in [2.24, 2.45) is 0 Å². The van der Waals surface area contributed by atoms with Gasteiger partial charge in [0.2, 0.25) is 0 Å². The quantitative estimate of drug-likeness (QED) is 0.354. The van der Waals surface area contributed by atoms with Crippen molar-refractivity contribution in [1.82, 2.24) is 10.3 Å². The third-order valence-corrected chi connectivity index (χ3v) is 6.65. The molecule has 0 spiro atoms. The molecule has 4 aromatic rings. The summed E-state index contributed by atoms with van der Waals surface area (Å²) in [7, 11) is 0. The molecule has 0 aliphatic carbocycles. The standard InChI is InChI=1S/C30H28N2O3S.Li/c1-20-7-3-5-9-24(20)26-18-21(11-12-22-17-23-8-4-6-10-27(23)31-19-22)13-14-25(26)29(33)32-28(30(34)35)15-16-36-2;/h3-14,17-19,28H,15-16H2,1-2H3,(H,32,33)(H,34,35);/q;+1/p-1/t28-;/m0./s1. The van der Waals surface area contributed by atoms with Crippen molar-refractivity contribution in [2.75, 3.05) is 12.0 Å². The summed E-state index contributed by atoms with van der Waals surface area (Å²) >= 11 is 1.52. The molecular weight excluding hydrogens is 475 g/mol. The van der Waals surface area contributed by atoms with Crippen molar-refractivity contribution in [3.8, 4) is 11.1 Å². The van der Waals surface area contributed by atoms with Gasteiger partial charge < -0.3 is 15.2 Å². The molecule has 0 saturated heterocycles. The first-order chi connectivity index (χ1) is 17.5. The van der Waals surface area contributed by atoms with E-state index in [1.165, 1.54) is 11.8 Å². The molecule has 4 rings (SSSR count). The first kappa shape index (κ1) is 28.3. The Hall–Kier alpha value is -3.30.